The summed E-state index contributed by atoms with van der Waals surface area (Å²) in [6, 6.07) is 125. The molecule has 16 rings (SSSR count). The molecule has 0 spiro atoms. The van der Waals surface area contributed by atoms with Crippen molar-refractivity contribution in [2.24, 2.45) is 0 Å². The molecule has 4 aliphatic heterocycles. The minimum atomic E-state index is -0.145. The number of rotatable bonds is 12. The third-order valence-electron chi connectivity index (χ3n) is 15.8. The topological polar surface area (TPSA) is 31.4 Å². The predicted octanol–water partition coefficient (Wildman–Crippen LogP) is 12.9. The molecule has 0 fully saturated rings. The zero-order valence-corrected chi connectivity index (χ0v) is 61.3. The van der Waals surface area contributed by atoms with E-state index in [0.717, 1.165) is 45.1 Å². The van der Waals surface area contributed by atoms with Gasteiger partial charge >= 0.3 is 0 Å². The summed E-state index contributed by atoms with van der Waals surface area (Å²) in [5.74, 6) is 1.78. The van der Waals surface area contributed by atoms with Crippen LogP contribution in [0.15, 0.2) is 389 Å². The summed E-state index contributed by atoms with van der Waals surface area (Å²) < 4.78 is 12.6. The SMILES string of the molecule is C.C.C.C.C1=C(c2ccccc2)OC(c2ccccc2)N1c1ccccc1.C1=C(c2ccccc2)OC(c2ccccc2)N1c1ccccc1.C1=C(c2ccccc2)SC(c2ccccc2)N1c1ccccc1.C1=C(c2ccccc2)SC(c2ccccc2)N1c1ccccc1.[Br-].[Br-].[I-].[I-]. The van der Waals surface area contributed by atoms with Crippen molar-refractivity contribution in [1.29, 1.82) is 0 Å². The van der Waals surface area contributed by atoms with Gasteiger partial charge in [0.25, 0.3) is 0 Å². The molecule has 4 heterocycles. The van der Waals surface area contributed by atoms with E-state index >= 15 is 0 Å². The Labute approximate surface area is 658 Å². The second kappa shape index (κ2) is 41.9. The van der Waals surface area contributed by atoms with Gasteiger partial charge in [0.05, 0.1) is 12.4 Å². The number of hydrogen-bond donors (Lipinski definition) is 0. The second-order valence-corrected chi connectivity index (χ2v) is 24.2. The lowest BCUT2D eigenvalue weighted by Gasteiger charge is -2.25. The van der Waals surface area contributed by atoms with Crippen molar-refractivity contribution in [3.05, 3.63) is 433 Å². The lowest BCUT2D eigenvalue weighted by Crippen LogP contribution is -3.00. The number of thioether (sulfide) groups is 2. The van der Waals surface area contributed by atoms with E-state index < -0.39 is 0 Å². The summed E-state index contributed by atoms with van der Waals surface area (Å²) in [5, 5.41) is 0.544. The highest BCUT2D eigenvalue weighted by molar-refractivity contribution is 8.09. The Morgan fingerprint density at radius 3 is 0.670 bits per heavy atom. The smallest absolute Gasteiger partial charge is 0.202 e. The molecule has 4 atom stereocenters. The Bertz CT molecular complexity index is 3790. The molecule has 0 saturated heterocycles. The number of anilines is 4. The number of benzene rings is 12. The number of hydrogen-bond acceptors (Lipinski definition) is 8. The highest BCUT2D eigenvalue weighted by Crippen LogP contribution is 2.51. The lowest BCUT2D eigenvalue weighted by molar-refractivity contribution is -0.00100. The van der Waals surface area contributed by atoms with E-state index in [1.54, 1.807) is 0 Å². The molecule has 0 aliphatic carbocycles. The fourth-order valence-corrected chi connectivity index (χ4v) is 13.8. The van der Waals surface area contributed by atoms with Crippen LogP contribution in [0.3, 0.4) is 0 Å². The molecule has 0 saturated carbocycles. The largest absolute Gasteiger partial charge is 1.00 e. The van der Waals surface area contributed by atoms with Gasteiger partial charge in [0.1, 0.15) is 22.3 Å². The summed E-state index contributed by atoms with van der Waals surface area (Å²) in [4.78, 5) is 11.7. The Kier molecular flexibility index (Phi) is 34.5. The Morgan fingerprint density at radius 2 is 0.420 bits per heavy atom. The molecule has 0 radical (unpaired) electrons. The molecule has 0 aromatic heterocycles. The van der Waals surface area contributed by atoms with Gasteiger partial charge in [-0.1, -0.05) is 369 Å². The monoisotopic (exact) mass is 1700 g/mol. The van der Waals surface area contributed by atoms with Gasteiger partial charge in [-0.25, -0.2) is 0 Å². The molecule has 512 valence electrons. The second-order valence-electron chi connectivity index (χ2n) is 21.9. The first kappa shape index (κ1) is 82.2. The summed E-state index contributed by atoms with van der Waals surface area (Å²) >= 11 is 3.81. The third kappa shape index (κ3) is 20.8. The van der Waals surface area contributed by atoms with E-state index in [2.05, 4.69) is 299 Å². The van der Waals surface area contributed by atoms with Gasteiger partial charge in [-0.2, -0.15) is 0 Å². The quantitative estimate of drug-likeness (QED) is 0.112. The van der Waals surface area contributed by atoms with Crippen molar-refractivity contribution in [2.75, 3.05) is 19.6 Å². The van der Waals surface area contributed by atoms with Gasteiger partial charge in [-0.3, -0.25) is 0 Å². The molecule has 12 heteroatoms. The first-order valence-electron chi connectivity index (χ1n) is 31.0. The maximum absolute atomic E-state index is 6.29. The molecular weight excluding hydrogens is 1620 g/mol. The molecule has 0 amide bonds. The van der Waals surface area contributed by atoms with Crippen molar-refractivity contribution < 1.29 is 91.4 Å². The maximum Gasteiger partial charge on any atom is 0.202 e. The minimum absolute atomic E-state index is 0. The molecule has 12 aromatic rings. The number of para-hydroxylation sites is 4. The minimum Gasteiger partial charge on any atom is -1.00 e. The van der Waals surface area contributed by atoms with Crippen LogP contribution in [0.1, 0.15) is 97.4 Å². The Hall–Kier alpha value is -8.48. The molecule has 12 aromatic carbocycles. The number of halogens is 4. The number of nitrogens with zero attached hydrogens (tertiary/aromatic N) is 4. The summed E-state index contributed by atoms with van der Waals surface area (Å²) in [7, 11) is 0. The van der Waals surface area contributed by atoms with Gasteiger partial charge in [0.15, 0.2) is 0 Å². The van der Waals surface area contributed by atoms with Crippen LogP contribution in [0.5, 0.6) is 0 Å². The molecule has 0 N–H and O–H groups in total. The van der Waals surface area contributed by atoms with E-state index in [1.165, 1.54) is 43.4 Å². The highest BCUT2D eigenvalue weighted by Gasteiger charge is 2.33. The molecule has 4 unspecified atom stereocenters. The van der Waals surface area contributed by atoms with E-state index in [4.69, 9.17) is 9.47 Å². The summed E-state index contributed by atoms with van der Waals surface area (Å²) in [6.45, 7) is 0. The van der Waals surface area contributed by atoms with Gasteiger partial charge in [-0.15, -0.1) is 0 Å². The van der Waals surface area contributed by atoms with E-state index in [-0.39, 0.29) is 135 Å². The van der Waals surface area contributed by atoms with Crippen molar-refractivity contribution in [3.8, 4) is 0 Å². The molecule has 100 heavy (non-hydrogen) atoms. The predicted molar refractivity (Wildman–Crippen MR) is 414 cm³/mol. The standard InChI is InChI=1S/2C21H17NO.2C21H17NS.4CH4.2BrH.2HI/c4*1-4-10-17(11-5-1)20-16-22(19-14-8-3-9-15-19)21(23-20)18-12-6-2-7-13-18;;;;;;;;/h4*1-16,21H;4*1H4;4*1H/p-4. The molecule has 0 bridgehead atoms. The van der Waals surface area contributed by atoms with Crippen LogP contribution in [-0.2, 0) is 9.47 Å². The van der Waals surface area contributed by atoms with Crippen LogP contribution in [0.4, 0.5) is 22.7 Å². The van der Waals surface area contributed by atoms with Gasteiger partial charge in [-0.05, 0) is 70.8 Å². The number of ether oxygens (including phenoxy) is 2. The molecule has 6 nitrogen and oxygen atoms in total. The van der Waals surface area contributed by atoms with E-state index in [1.807, 2.05) is 133 Å². The molecular formula is C88H84Br2I2N4O2S2-4. The van der Waals surface area contributed by atoms with Crippen LogP contribution in [0, 0.1) is 0 Å². The van der Waals surface area contributed by atoms with E-state index in [0.29, 0.717) is 0 Å². The lowest BCUT2D eigenvalue weighted by atomic mass is 10.1. The summed E-state index contributed by atoms with van der Waals surface area (Å²) in [6.07, 6.45) is 8.42. The van der Waals surface area contributed by atoms with Crippen LogP contribution in [0.2, 0.25) is 0 Å². The Balaban J connectivity index is 0.000000234. The van der Waals surface area contributed by atoms with Crippen molar-refractivity contribution >= 4 is 67.6 Å². The summed E-state index contributed by atoms with van der Waals surface area (Å²) in [5.41, 5.74) is 14.3. The third-order valence-corrected chi connectivity index (χ3v) is 18.4. The van der Waals surface area contributed by atoms with Gasteiger partial charge in [0, 0.05) is 67.2 Å². The first-order valence-corrected chi connectivity index (χ1v) is 32.7. The van der Waals surface area contributed by atoms with Crippen LogP contribution >= 0.6 is 23.5 Å². The van der Waals surface area contributed by atoms with Crippen LogP contribution in [0.25, 0.3) is 21.3 Å². The average molecular weight is 1710 g/mol. The van der Waals surface area contributed by atoms with Crippen molar-refractivity contribution in [1.82, 2.24) is 0 Å². The maximum atomic E-state index is 6.29. The van der Waals surface area contributed by atoms with Gasteiger partial charge < -0.3 is 111 Å². The fraction of sp³-hybridized carbons (Fsp3) is 0.0909. The normalized spacial score (nSPS) is 15.6. The highest BCUT2D eigenvalue weighted by atomic mass is 127. The van der Waals surface area contributed by atoms with Gasteiger partial charge in [0.2, 0.25) is 12.5 Å². The van der Waals surface area contributed by atoms with E-state index in [9.17, 15) is 0 Å². The average Bonchev–Trinajstić information content (AvgIpc) is 1.68. The zero-order valence-electron chi connectivity index (χ0n) is 52.2. The zero-order chi connectivity index (χ0) is 61.9. The van der Waals surface area contributed by atoms with Crippen LogP contribution < -0.4 is 102 Å². The fourth-order valence-electron chi connectivity index (χ4n) is 11.2. The van der Waals surface area contributed by atoms with Crippen LogP contribution in [-0.4, -0.2) is 0 Å². The van der Waals surface area contributed by atoms with Crippen molar-refractivity contribution in [2.45, 2.75) is 52.9 Å². The first-order chi connectivity index (χ1) is 45.7. The molecule has 4 aliphatic rings. The Morgan fingerprint density at radius 1 is 0.220 bits per heavy atom. The van der Waals surface area contributed by atoms with Crippen molar-refractivity contribution in [3.63, 3.8) is 0 Å².